The summed E-state index contributed by atoms with van der Waals surface area (Å²) in [5.41, 5.74) is 0.285. The van der Waals surface area contributed by atoms with Crippen LogP contribution in [0, 0.1) is 0 Å². The van der Waals surface area contributed by atoms with Gasteiger partial charge < -0.3 is 14.8 Å². The van der Waals surface area contributed by atoms with Crippen LogP contribution in [-0.4, -0.2) is 38.2 Å². The number of hydrogen-bond donors (Lipinski definition) is 1. The molecule has 1 unspecified atom stereocenters. The molecule has 5 heteroatoms. The highest BCUT2D eigenvalue weighted by molar-refractivity contribution is 5.88. The van der Waals surface area contributed by atoms with Crippen molar-refractivity contribution < 1.29 is 19.1 Å². The van der Waals surface area contributed by atoms with E-state index in [1.54, 1.807) is 13.8 Å². The molecule has 0 spiro atoms. The fourth-order valence-electron chi connectivity index (χ4n) is 0.842. The molecule has 0 aromatic carbocycles. The zero-order valence-corrected chi connectivity index (χ0v) is 9.33. The molecule has 0 amide bonds. The zero-order chi connectivity index (χ0) is 11.8. The van der Waals surface area contributed by atoms with E-state index in [2.05, 4.69) is 16.6 Å². The molecule has 86 valence electrons. The molecule has 5 nitrogen and oxygen atoms in total. The Labute approximate surface area is 89.4 Å². The Kier molecular flexibility index (Phi) is 6.37. The van der Waals surface area contributed by atoms with Crippen molar-refractivity contribution in [2.75, 3.05) is 20.3 Å². The third kappa shape index (κ3) is 5.17. The average molecular weight is 215 g/mol. The first-order valence-corrected chi connectivity index (χ1v) is 4.69. The molecule has 0 bridgehead atoms. The highest BCUT2D eigenvalue weighted by Gasteiger charge is 2.14. The SMILES string of the molecule is C=C(CNC(C)C(=O)OC)C(=O)OCC. The minimum atomic E-state index is -0.471. The van der Waals surface area contributed by atoms with Crippen LogP contribution in [0.3, 0.4) is 0 Å². The van der Waals surface area contributed by atoms with Crippen LogP contribution in [-0.2, 0) is 19.1 Å². The van der Waals surface area contributed by atoms with E-state index >= 15 is 0 Å². The van der Waals surface area contributed by atoms with Gasteiger partial charge in [0, 0.05) is 12.1 Å². The largest absolute Gasteiger partial charge is 0.468 e. The predicted octanol–water partition coefficient (Wildman–Crippen LogP) is 0.257. The van der Waals surface area contributed by atoms with E-state index in [9.17, 15) is 9.59 Å². The Morgan fingerprint density at radius 3 is 2.53 bits per heavy atom. The van der Waals surface area contributed by atoms with Gasteiger partial charge in [-0.05, 0) is 13.8 Å². The molecule has 0 fully saturated rings. The molecule has 0 heterocycles. The average Bonchev–Trinajstić information content (AvgIpc) is 2.24. The summed E-state index contributed by atoms with van der Waals surface area (Å²) in [5.74, 6) is -0.839. The Morgan fingerprint density at radius 1 is 1.47 bits per heavy atom. The van der Waals surface area contributed by atoms with Gasteiger partial charge in [0.1, 0.15) is 6.04 Å². The van der Waals surface area contributed by atoms with Crippen LogP contribution in [0.25, 0.3) is 0 Å². The van der Waals surface area contributed by atoms with Gasteiger partial charge in [-0.1, -0.05) is 6.58 Å². The third-order valence-corrected chi connectivity index (χ3v) is 1.74. The maximum atomic E-state index is 11.1. The molecule has 0 aromatic rings. The normalized spacial score (nSPS) is 11.7. The van der Waals surface area contributed by atoms with E-state index in [0.717, 1.165) is 0 Å². The summed E-state index contributed by atoms with van der Waals surface area (Å²) in [5, 5.41) is 2.80. The Hall–Kier alpha value is -1.36. The van der Waals surface area contributed by atoms with Gasteiger partial charge in [-0.15, -0.1) is 0 Å². The topological polar surface area (TPSA) is 64.6 Å². The number of nitrogens with one attached hydrogen (secondary N) is 1. The lowest BCUT2D eigenvalue weighted by molar-refractivity contribution is -0.143. The van der Waals surface area contributed by atoms with Gasteiger partial charge in [-0.3, -0.25) is 4.79 Å². The van der Waals surface area contributed by atoms with Crippen LogP contribution in [0.15, 0.2) is 12.2 Å². The van der Waals surface area contributed by atoms with E-state index < -0.39 is 12.0 Å². The lowest BCUT2D eigenvalue weighted by Gasteiger charge is -2.11. The molecule has 1 N–H and O–H groups in total. The molecule has 0 saturated heterocycles. The second-order valence-corrected chi connectivity index (χ2v) is 2.95. The van der Waals surface area contributed by atoms with E-state index in [1.807, 2.05) is 0 Å². The number of esters is 2. The van der Waals surface area contributed by atoms with Crippen LogP contribution in [0.2, 0.25) is 0 Å². The number of hydrogen-bond acceptors (Lipinski definition) is 5. The van der Waals surface area contributed by atoms with Crippen molar-refractivity contribution in [1.29, 1.82) is 0 Å². The monoisotopic (exact) mass is 215 g/mol. The Bertz CT molecular complexity index is 250. The third-order valence-electron chi connectivity index (χ3n) is 1.74. The lowest BCUT2D eigenvalue weighted by Crippen LogP contribution is -2.37. The molecule has 0 saturated carbocycles. The molecule has 0 aliphatic rings. The van der Waals surface area contributed by atoms with Gasteiger partial charge in [0.05, 0.1) is 13.7 Å². The quantitative estimate of drug-likeness (QED) is 0.508. The minimum absolute atomic E-state index is 0.203. The summed E-state index contributed by atoms with van der Waals surface area (Å²) < 4.78 is 9.23. The van der Waals surface area contributed by atoms with Crippen LogP contribution >= 0.6 is 0 Å². The van der Waals surface area contributed by atoms with Crippen molar-refractivity contribution in [2.24, 2.45) is 0 Å². The smallest absolute Gasteiger partial charge is 0.334 e. The number of ether oxygens (including phenoxy) is 2. The lowest BCUT2D eigenvalue weighted by atomic mass is 10.2. The highest BCUT2D eigenvalue weighted by atomic mass is 16.5. The van der Waals surface area contributed by atoms with Gasteiger partial charge in [0.15, 0.2) is 0 Å². The molecule has 0 rings (SSSR count). The maximum Gasteiger partial charge on any atom is 0.334 e. The highest BCUT2D eigenvalue weighted by Crippen LogP contribution is 1.94. The standard InChI is InChI=1S/C10H17NO4/c1-5-15-9(12)7(2)6-11-8(3)10(13)14-4/h8,11H,2,5-6H2,1,3-4H3. The summed E-state index contributed by atoms with van der Waals surface area (Å²) in [4.78, 5) is 22.1. The second kappa shape index (κ2) is 7.00. The summed E-state index contributed by atoms with van der Waals surface area (Å²) in [6.07, 6.45) is 0. The Balaban J connectivity index is 3.90. The van der Waals surface area contributed by atoms with Crippen LogP contribution in [0.4, 0.5) is 0 Å². The van der Waals surface area contributed by atoms with E-state index in [4.69, 9.17) is 4.74 Å². The first-order chi connectivity index (χ1) is 7.02. The summed E-state index contributed by atoms with van der Waals surface area (Å²) in [6, 6.07) is -0.471. The van der Waals surface area contributed by atoms with E-state index in [0.29, 0.717) is 6.61 Å². The number of rotatable bonds is 6. The fourth-order valence-corrected chi connectivity index (χ4v) is 0.842. The first-order valence-electron chi connectivity index (χ1n) is 4.69. The molecule has 0 aliphatic heterocycles. The van der Waals surface area contributed by atoms with Crippen molar-refractivity contribution in [3.8, 4) is 0 Å². The second-order valence-electron chi connectivity index (χ2n) is 2.95. The van der Waals surface area contributed by atoms with Crippen molar-refractivity contribution in [2.45, 2.75) is 19.9 Å². The number of carbonyl (C=O) groups is 2. The van der Waals surface area contributed by atoms with Crippen molar-refractivity contribution >= 4 is 11.9 Å². The van der Waals surface area contributed by atoms with Crippen molar-refractivity contribution in [3.63, 3.8) is 0 Å². The molecule has 15 heavy (non-hydrogen) atoms. The molecule has 0 radical (unpaired) electrons. The van der Waals surface area contributed by atoms with Crippen molar-refractivity contribution in [1.82, 2.24) is 5.32 Å². The summed E-state index contributed by atoms with van der Waals surface area (Å²) >= 11 is 0. The predicted molar refractivity (Wildman–Crippen MR) is 55.3 cm³/mol. The van der Waals surface area contributed by atoms with Gasteiger partial charge in [0.2, 0.25) is 0 Å². The zero-order valence-electron chi connectivity index (χ0n) is 9.33. The van der Waals surface area contributed by atoms with Gasteiger partial charge >= 0.3 is 11.9 Å². The maximum absolute atomic E-state index is 11.1. The van der Waals surface area contributed by atoms with E-state index in [-0.39, 0.29) is 18.1 Å². The van der Waals surface area contributed by atoms with Crippen molar-refractivity contribution in [3.05, 3.63) is 12.2 Å². The molecule has 0 aliphatic carbocycles. The number of methoxy groups -OCH3 is 1. The van der Waals surface area contributed by atoms with Crippen LogP contribution < -0.4 is 5.32 Å². The van der Waals surface area contributed by atoms with Crippen LogP contribution in [0.5, 0.6) is 0 Å². The molecule has 0 aromatic heterocycles. The molecule has 1 atom stereocenters. The van der Waals surface area contributed by atoms with Crippen LogP contribution in [0.1, 0.15) is 13.8 Å². The van der Waals surface area contributed by atoms with Gasteiger partial charge in [0.25, 0.3) is 0 Å². The van der Waals surface area contributed by atoms with Gasteiger partial charge in [-0.2, -0.15) is 0 Å². The summed E-state index contributed by atoms with van der Waals surface area (Å²) in [6.45, 7) is 7.42. The van der Waals surface area contributed by atoms with E-state index in [1.165, 1.54) is 7.11 Å². The van der Waals surface area contributed by atoms with Gasteiger partial charge in [-0.25, -0.2) is 4.79 Å². The Morgan fingerprint density at radius 2 is 2.07 bits per heavy atom. The fraction of sp³-hybridized carbons (Fsp3) is 0.600. The summed E-state index contributed by atoms with van der Waals surface area (Å²) in [7, 11) is 1.31. The number of carbonyl (C=O) groups excluding carboxylic acids is 2. The molecular weight excluding hydrogens is 198 g/mol. The minimum Gasteiger partial charge on any atom is -0.468 e. The molecular formula is C10H17NO4. The first kappa shape index (κ1) is 13.6.